The minimum atomic E-state index is -0.398. The Morgan fingerprint density at radius 1 is 1.29 bits per heavy atom. The maximum absolute atomic E-state index is 11.9. The highest BCUT2D eigenvalue weighted by Crippen LogP contribution is 2.22. The fourth-order valence-corrected chi connectivity index (χ4v) is 2.18. The molecule has 0 aromatic carbocycles. The average Bonchev–Trinajstić information content (AvgIpc) is 2.46. The Morgan fingerprint density at radius 2 is 1.95 bits per heavy atom. The van der Waals surface area contributed by atoms with E-state index in [0.29, 0.717) is 18.2 Å². The zero-order valence-electron chi connectivity index (χ0n) is 13.6. The molecule has 1 rings (SSSR count). The quantitative estimate of drug-likeness (QED) is 0.717. The second kappa shape index (κ2) is 8.44. The number of carbonyl (C=O) groups is 1. The number of nitrogens with one attached hydrogen (secondary N) is 2. The Balaban J connectivity index is 3.02. The Kier molecular flexibility index (Phi) is 6.91. The van der Waals surface area contributed by atoms with Crippen LogP contribution in [0.25, 0.3) is 0 Å². The van der Waals surface area contributed by atoms with Crippen molar-refractivity contribution in [2.24, 2.45) is 5.92 Å². The third-order valence-electron chi connectivity index (χ3n) is 3.15. The summed E-state index contributed by atoms with van der Waals surface area (Å²) in [6.07, 6.45) is 2.97. The van der Waals surface area contributed by atoms with Gasteiger partial charge in [-0.05, 0) is 25.7 Å². The van der Waals surface area contributed by atoms with Gasteiger partial charge in [-0.1, -0.05) is 20.8 Å². The SMILES string of the molecule is CCNc1ncnc(NC(CC(C)C)C(=O)OC)c1CC. The van der Waals surface area contributed by atoms with Crippen molar-refractivity contribution in [1.82, 2.24) is 9.97 Å². The Bertz CT molecular complexity index is 463. The number of methoxy groups -OCH3 is 1. The summed E-state index contributed by atoms with van der Waals surface area (Å²) >= 11 is 0. The van der Waals surface area contributed by atoms with Gasteiger partial charge in [-0.25, -0.2) is 14.8 Å². The van der Waals surface area contributed by atoms with Crippen LogP contribution >= 0.6 is 0 Å². The lowest BCUT2D eigenvalue weighted by Crippen LogP contribution is -2.33. The number of carbonyl (C=O) groups excluding carboxylic acids is 1. The van der Waals surface area contributed by atoms with E-state index < -0.39 is 6.04 Å². The predicted octanol–water partition coefficient (Wildman–Crippen LogP) is 2.47. The van der Waals surface area contributed by atoms with Crippen molar-refractivity contribution in [2.75, 3.05) is 24.3 Å². The van der Waals surface area contributed by atoms with E-state index in [1.165, 1.54) is 13.4 Å². The molecule has 1 atom stereocenters. The number of anilines is 2. The number of nitrogens with zero attached hydrogens (tertiary/aromatic N) is 2. The van der Waals surface area contributed by atoms with Crippen LogP contribution < -0.4 is 10.6 Å². The molecule has 0 amide bonds. The largest absolute Gasteiger partial charge is 0.467 e. The van der Waals surface area contributed by atoms with Crippen molar-refractivity contribution < 1.29 is 9.53 Å². The van der Waals surface area contributed by atoms with Gasteiger partial charge in [-0.2, -0.15) is 0 Å². The zero-order valence-corrected chi connectivity index (χ0v) is 13.6. The monoisotopic (exact) mass is 294 g/mol. The number of hydrogen-bond acceptors (Lipinski definition) is 6. The van der Waals surface area contributed by atoms with Crippen molar-refractivity contribution >= 4 is 17.6 Å². The third-order valence-corrected chi connectivity index (χ3v) is 3.15. The second-order valence-corrected chi connectivity index (χ2v) is 5.28. The van der Waals surface area contributed by atoms with E-state index in [1.807, 2.05) is 13.8 Å². The maximum atomic E-state index is 11.9. The van der Waals surface area contributed by atoms with E-state index in [2.05, 4.69) is 34.4 Å². The molecular weight excluding hydrogens is 268 g/mol. The molecule has 1 heterocycles. The molecule has 0 saturated heterocycles. The molecule has 6 nitrogen and oxygen atoms in total. The van der Waals surface area contributed by atoms with Gasteiger partial charge >= 0.3 is 5.97 Å². The molecular formula is C15H26N4O2. The second-order valence-electron chi connectivity index (χ2n) is 5.28. The molecule has 6 heteroatoms. The first-order valence-electron chi connectivity index (χ1n) is 7.45. The summed E-state index contributed by atoms with van der Waals surface area (Å²) in [5, 5.41) is 6.43. The fraction of sp³-hybridized carbons (Fsp3) is 0.667. The lowest BCUT2D eigenvalue weighted by molar-refractivity contribution is -0.141. The predicted molar refractivity (Wildman–Crippen MR) is 84.5 cm³/mol. The van der Waals surface area contributed by atoms with Gasteiger partial charge in [0.25, 0.3) is 0 Å². The van der Waals surface area contributed by atoms with Crippen molar-refractivity contribution in [1.29, 1.82) is 0 Å². The average molecular weight is 294 g/mol. The first-order valence-corrected chi connectivity index (χ1v) is 7.45. The summed E-state index contributed by atoms with van der Waals surface area (Å²) in [5.74, 6) is 1.61. The molecule has 0 bridgehead atoms. The van der Waals surface area contributed by atoms with Crippen LogP contribution in [0.1, 0.15) is 39.7 Å². The van der Waals surface area contributed by atoms with Crippen LogP contribution in [0.5, 0.6) is 0 Å². The Hall–Kier alpha value is -1.85. The molecule has 0 fully saturated rings. The smallest absolute Gasteiger partial charge is 0.328 e. The van der Waals surface area contributed by atoms with Gasteiger partial charge in [0.05, 0.1) is 7.11 Å². The first-order chi connectivity index (χ1) is 10.0. The van der Waals surface area contributed by atoms with Gasteiger partial charge in [0.15, 0.2) is 0 Å². The van der Waals surface area contributed by atoms with Gasteiger partial charge in [0.2, 0.25) is 0 Å². The minimum Gasteiger partial charge on any atom is -0.467 e. The van der Waals surface area contributed by atoms with Crippen molar-refractivity contribution in [2.45, 2.75) is 46.6 Å². The molecule has 0 aliphatic heterocycles. The highest BCUT2D eigenvalue weighted by Gasteiger charge is 2.22. The molecule has 1 unspecified atom stereocenters. The van der Waals surface area contributed by atoms with Gasteiger partial charge < -0.3 is 15.4 Å². The lowest BCUT2D eigenvalue weighted by atomic mass is 10.0. The number of esters is 1. The van der Waals surface area contributed by atoms with Crippen LogP contribution in [0.15, 0.2) is 6.33 Å². The molecule has 118 valence electrons. The highest BCUT2D eigenvalue weighted by molar-refractivity contribution is 5.79. The number of aromatic nitrogens is 2. The fourth-order valence-electron chi connectivity index (χ4n) is 2.18. The van der Waals surface area contributed by atoms with Crippen LogP contribution in [0.3, 0.4) is 0 Å². The number of ether oxygens (including phenoxy) is 1. The Labute approximate surface area is 126 Å². The van der Waals surface area contributed by atoms with Crippen molar-refractivity contribution in [3.8, 4) is 0 Å². The molecule has 0 spiro atoms. The van der Waals surface area contributed by atoms with Crippen LogP contribution in [0.2, 0.25) is 0 Å². The molecule has 1 aromatic heterocycles. The molecule has 1 aromatic rings. The molecule has 2 N–H and O–H groups in total. The normalized spacial score (nSPS) is 12.1. The van der Waals surface area contributed by atoms with Crippen molar-refractivity contribution in [3.05, 3.63) is 11.9 Å². The molecule has 21 heavy (non-hydrogen) atoms. The minimum absolute atomic E-state index is 0.269. The van der Waals surface area contributed by atoms with E-state index in [-0.39, 0.29) is 5.97 Å². The third kappa shape index (κ3) is 4.88. The van der Waals surface area contributed by atoms with Crippen LogP contribution in [-0.2, 0) is 16.0 Å². The summed E-state index contributed by atoms with van der Waals surface area (Å²) in [5.41, 5.74) is 0.983. The topological polar surface area (TPSA) is 76.1 Å². The Morgan fingerprint density at radius 3 is 2.48 bits per heavy atom. The van der Waals surface area contributed by atoms with Gasteiger partial charge in [-0.15, -0.1) is 0 Å². The van der Waals surface area contributed by atoms with Gasteiger partial charge in [0.1, 0.15) is 24.0 Å². The zero-order chi connectivity index (χ0) is 15.8. The lowest BCUT2D eigenvalue weighted by Gasteiger charge is -2.21. The maximum Gasteiger partial charge on any atom is 0.328 e. The number of rotatable bonds is 8. The summed E-state index contributed by atoms with van der Waals surface area (Å²) in [6.45, 7) is 8.99. The van der Waals surface area contributed by atoms with Crippen molar-refractivity contribution in [3.63, 3.8) is 0 Å². The summed E-state index contributed by atoms with van der Waals surface area (Å²) in [6, 6.07) is -0.398. The van der Waals surface area contributed by atoms with E-state index in [1.54, 1.807) is 0 Å². The van der Waals surface area contributed by atoms with Crippen LogP contribution in [-0.4, -0.2) is 35.6 Å². The first kappa shape index (κ1) is 17.2. The summed E-state index contributed by atoms with van der Waals surface area (Å²) in [7, 11) is 1.40. The summed E-state index contributed by atoms with van der Waals surface area (Å²) < 4.78 is 4.88. The molecule has 0 aliphatic rings. The van der Waals surface area contributed by atoms with E-state index >= 15 is 0 Å². The molecule has 0 aliphatic carbocycles. The van der Waals surface area contributed by atoms with E-state index in [4.69, 9.17) is 4.74 Å². The van der Waals surface area contributed by atoms with Gasteiger partial charge in [0, 0.05) is 12.1 Å². The van der Waals surface area contributed by atoms with E-state index in [0.717, 1.165) is 24.3 Å². The number of hydrogen-bond donors (Lipinski definition) is 2. The highest BCUT2D eigenvalue weighted by atomic mass is 16.5. The van der Waals surface area contributed by atoms with Gasteiger partial charge in [-0.3, -0.25) is 0 Å². The van der Waals surface area contributed by atoms with Crippen LogP contribution in [0, 0.1) is 5.92 Å². The molecule has 0 saturated carbocycles. The standard InChI is InChI=1S/C15H26N4O2/c1-6-11-13(16-7-2)17-9-18-14(11)19-12(8-10(3)4)15(20)21-5/h9-10,12H,6-8H2,1-5H3,(H2,16,17,18,19). The van der Waals surface area contributed by atoms with Crippen LogP contribution in [0.4, 0.5) is 11.6 Å². The molecule has 0 radical (unpaired) electrons. The van der Waals surface area contributed by atoms with E-state index in [9.17, 15) is 4.79 Å². The summed E-state index contributed by atoms with van der Waals surface area (Å²) in [4.78, 5) is 20.5.